The molecule has 0 spiro atoms. The van der Waals surface area contributed by atoms with Crippen LogP contribution in [0.3, 0.4) is 0 Å². The molecule has 58 valence electrons. The molecule has 0 atom stereocenters. The second-order valence-electron chi connectivity index (χ2n) is 2.67. The van der Waals surface area contributed by atoms with Crippen LogP contribution in [0.2, 0.25) is 5.02 Å². The maximum Gasteiger partial charge on any atom is 0.0641 e. The molecule has 1 heterocycles. The Labute approximate surface area is 70.3 Å². The molecule has 0 fully saturated rings. The van der Waals surface area contributed by atoms with Gasteiger partial charge in [0.05, 0.1) is 10.7 Å². The van der Waals surface area contributed by atoms with Gasteiger partial charge in [-0.25, -0.2) is 0 Å². The monoisotopic (exact) mass is 168 g/mol. The zero-order valence-corrected chi connectivity index (χ0v) is 6.78. The number of anilines is 2. The number of nitrogens with one attached hydrogen (secondary N) is 1. The highest BCUT2D eigenvalue weighted by molar-refractivity contribution is 6.33. The third-order valence-corrected chi connectivity index (χ3v) is 2.29. The molecule has 1 aliphatic heterocycles. The van der Waals surface area contributed by atoms with Crippen molar-refractivity contribution in [3.8, 4) is 0 Å². The molecule has 1 aliphatic rings. The summed E-state index contributed by atoms with van der Waals surface area (Å²) in [4.78, 5) is 0. The highest BCUT2D eigenvalue weighted by Crippen LogP contribution is 2.33. The zero-order valence-electron chi connectivity index (χ0n) is 6.02. The molecule has 0 radical (unpaired) electrons. The van der Waals surface area contributed by atoms with E-state index >= 15 is 0 Å². The van der Waals surface area contributed by atoms with Gasteiger partial charge in [-0.05, 0) is 18.6 Å². The number of fused-ring (bicyclic) bond motifs is 1. The fourth-order valence-corrected chi connectivity index (χ4v) is 1.65. The molecule has 3 N–H and O–H groups in total. The Morgan fingerprint density at radius 1 is 1.45 bits per heavy atom. The van der Waals surface area contributed by atoms with Gasteiger partial charge in [-0.1, -0.05) is 11.6 Å². The van der Waals surface area contributed by atoms with Crippen molar-refractivity contribution in [3.05, 3.63) is 22.7 Å². The fourth-order valence-electron chi connectivity index (χ4n) is 1.41. The molecule has 1 aromatic carbocycles. The van der Waals surface area contributed by atoms with Crippen molar-refractivity contribution in [1.29, 1.82) is 0 Å². The van der Waals surface area contributed by atoms with Gasteiger partial charge in [-0.2, -0.15) is 0 Å². The lowest BCUT2D eigenvalue weighted by atomic mass is 10.1. The van der Waals surface area contributed by atoms with Crippen molar-refractivity contribution in [1.82, 2.24) is 0 Å². The van der Waals surface area contributed by atoms with Gasteiger partial charge < -0.3 is 11.1 Å². The summed E-state index contributed by atoms with van der Waals surface area (Å²) in [6, 6.07) is 3.68. The molecule has 0 saturated carbocycles. The minimum atomic E-state index is 0.770. The van der Waals surface area contributed by atoms with Crippen molar-refractivity contribution in [2.45, 2.75) is 6.42 Å². The van der Waals surface area contributed by atoms with Gasteiger partial charge in [0, 0.05) is 17.8 Å². The first-order valence-corrected chi connectivity index (χ1v) is 3.97. The molecule has 0 amide bonds. The number of nitrogens with two attached hydrogens (primary N) is 1. The molecule has 0 aromatic heterocycles. The van der Waals surface area contributed by atoms with E-state index in [1.165, 1.54) is 0 Å². The standard InChI is InChI=1S/C8H9ClN2/c9-6-1-2-7(10)5-3-4-11-8(5)6/h1-2,11H,3-4,10H2. The summed E-state index contributed by atoms with van der Waals surface area (Å²) in [5.41, 5.74) is 8.77. The number of nitrogen functional groups attached to an aromatic ring is 1. The maximum atomic E-state index is 5.92. The lowest BCUT2D eigenvalue weighted by Gasteiger charge is -2.04. The second kappa shape index (κ2) is 2.31. The van der Waals surface area contributed by atoms with E-state index in [0.717, 1.165) is 34.9 Å². The van der Waals surface area contributed by atoms with Crippen molar-refractivity contribution < 1.29 is 0 Å². The Kier molecular flexibility index (Phi) is 1.43. The molecule has 1 aromatic rings. The van der Waals surface area contributed by atoms with Crippen molar-refractivity contribution in [2.75, 3.05) is 17.6 Å². The van der Waals surface area contributed by atoms with Gasteiger partial charge in [-0.3, -0.25) is 0 Å². The molecule has 2 rings (SSSR count). The highest BCUT2D eigenvalue weighted by Gasteiger charge is 2.15. The normalized spacial score (nSPS) is 14.3. The first-order chi connectivity index (χ1) is 5.29. The number of halogens is 1. The summed E-state index contributed by atoms with van der Waals surface area (Å²) in [6.45, 7) is 0.948. The zero-order chi connectivity index (χ0) is 7.84. The first kappa shape index (κ1) is 6.80. The van der Waals surface area contributed by atoms with E-state index in [0.29, 0.717) is 0 Å². The Morgan fingerprint density at radius 2 is 2.27 bits per heavy atom. The summed E-state index contributed by atoms with van der Waals surface area (Å²) in [6.07, 6.45) is 0.988. The third kappa shape index (κ3) is 0.942. The highest BCUT2D eigenvalue weighted by atomic mass is 35.5. The topological polar surface area (TPSA) is 38.0 Å². The quantitative estimate of drug-likeness (QED) is 0.581. The Morgan fingerprint density at radius 3 is 3.00 bits per heavy atom. The lowest BCUT2D eigenvalue weighted by molar-refractivity contribution is 1.11. The first-order valence-electron chi connectivity index (χ1n) is 3.60. The number of rotatable bonds is 0. The van der Waals surface area contributed by atoms with Gasteiger partial charge in [-0.15, -0.1) is 0 Å². The minimum absolute atomic E-state index is 0.770. The number of hydrogen-bond acceptors (Lipinski definition) is 2. The molecule has 0 unspecified atom stereocenters. The molecule has 3 heteroatoms. The molecular weight excluding hydrogens is 160 g/mol. The molecule has 0 saturated heterocycles. The average Bonchev–Trinajstić information content (AvgIpc) is 2.45. The van der Waals surface area contributed by atoms with E-state index in [-0.39, 0.29) is 0 Å². The Bertz CT molecular complexity index is 267. The van der Waals surface area contributed by atoms with Crippen molar-refractivity contribution >= 4 is 23.0 Å². The fraction of sp³-hybridized carbons (Fsp3) is 0.250. The van der Waals surface area contributed by atoms with Crippen LogP contribution in [0.1, 0.15) is 5.56 Å². The third-order valence-electron chi connectivity index (χ3n) is 1.98. The van der Waals surface area contributed by atoms with Gasteiger partial charge in [0.15, 0.2) is 0 Å². The number of hydrogen-bond donors (Lipinski definition) is 2. The number of benzene rings is 1. The molecule has 0 aliphatic carbocycles. The van der Waals surface area contributed by atoms with E-state index in [4.69, 9.17) is 17.3 Å². The minimum Gasteiger partial charge on any atom is -0.398 e. The van der Waals surface area contributed by atoms with Gasteiger partial charge in [0.1, 0.15) is 0 Å². The van der Waals surface area contributed by atoms with Gasteiger partial charge in [0.25, 0.3) is 0 Å². The Balaban J connectivity index is 2.64. The Hall–Kier alpha value is -0.890. The predicted molar refractivity (Wildman–Crippen MR) is 48.1 cm³/mol. The van der Waals surface area contributed by atoms with Crippen LogP contribution in [-0.4, -0.2) is 6.54 Å². The van der Waals surface area contributed by atoms with Crippen LogP contribution in [0.5, 0.6) is 0 Å². The molecule has 2 nitrogen and oxygen atoms in total. The van der Waals surface area contributed by atoms with Crippen molar-refractivity contribution in [2.24, 2.45) is 0 Å². The second-order valence-corrected chi connectivity index (χ2v) is 3.07. The average molecular weight is 169 g/mol. The maximum absolute atomic E-state index is 5.92. The van der Waals surface area contributed by atoms with Crippen LogP contribution >= 0.6 is 11.6 Å². The summed E-state index contributed by atoms with van der Waals surface area (Å²) in [5.74, 6) is 0. The molecule has 11 heavy (non-hydrogen) atoms. The summed E-state index contributed by atoms with van der Waals surface area (Å²) in [5, 5.41) is 3.97. The smallest absolute Gasteiger partial charge is 0.0641 e. The van der Waals surface area contributed by atoms with Crippen LogP contribution < -0.4 is 11.1 Å². The van der Waals surface area contributed by atoms with Crippen molar-refractivity contribution in [3.63, 3.8) is 0 Å². The van der Waals surface area contributed by atoms with Crippen LogP contribution in [-0.2, 0) is 6.42 Å². The van der Waals surface area contributed by atoms with Crippen LogP contribution in [0.25, 0.3) is 0 Å². The largest absolute Gasteiger partial charge is 0.398 e. The van der Waals surface area contributed by atoms with Crippen LogP contribution in [0, 0.1) is 0 Å². The lowest BCUT2D eigenvalue weighted by Crippen LogP contribution is -1.91. The van der Waals surface area contributed by atoms with E-state index in [2.05, 4.69) is 5.32 Å². The van der Waals surface area contributed by atoms with Crippen LogP contribution in [0.15, 0.2) is 12.1 Å². The van der Waals surface area contributed by atoms with E-state index in [9.17, 15) is 0 Å². The molecular formula is C8H9ClN2. The van der Waals surface area contributed by atoms with E-state index < -0.39 is 0 Å². The van der Waals surface area contributed by atoms with E-state index in [1.54, 1.807) is 0 Å². The van der Waals surface area contributed by atoms with Gasteiger partial charge in [0.2, 0.25) is 0 Å². The summed E-state index contributed by atoms with van der Waals surface area (Å²) >= 11 is 5.92. The SMILES string of the molecule is Nc1ccc(Cl)c2c1CCN2. The van der Waals surface area contributed by atoms with E-state index in [1.807, 2.05) is 12.1 Å². The molecule has 0 bridgehead atoms. The summed E-state index contributed by atoms with van der Waals surface area (Å²) in [7, 11) is 0. The predicted octanol–water partition coefficient (Wildman–Crippen LogP) is 1.89. The van der Waals surface area contributed by atoms with Crippen LogP contribution in [0.4, 0.5) is 11.4 Å². The van der Waals surface area contributed by atoms with Gasteiger partial charge >= 0.3 is 0 Å². The summed E-state index contributed by atoms with van der Waals surface area (Å²) < 4.78 is 0.